The lowest BCUT2D eigenvalue weighted by Crippen LogP contribution is -2.49. The van der Waals surface area contributed by atoms with E-state index in [1.165, 1.54) is 13.2 Å². The van der Waals surface area contributed by atoms with Crippen LogP contribution in [0.5, 0.6) is 5.75 Å². The molecule has 0 spiro atoms. The molecule has 4 nitrogen and oxygen atoms in total. The standard InChI is InChI=1S/C11H10F3NO3/c1-17-8-3-2-6(12)4-7(8)9-11(13,14)5-18-10(16)15-9/h2-4,9H,5H2,1H3,(H,15,16)/t9-/m1/s1. The SMILES string of the molecule is COc1ccc(F)cc1[C@H]1NC(=O)OCC1(F)F. The highest BCUT2D eigenvalue weighted by molar-refractivity contribution is 5.69. The molecule has 1 heterocycles. The fraction of sp³-hybridized carbons (Fsp3) is 0.364. The number of carbonyl (C=O) groups is 1. The molecule has 0 aliphatic carbocycles. The van der Waals surface area contributed by atoms with E-state index in [9.17, 15) is 18.0 Å². The number of hydrogen-bond acceptors (Lipinski definition) is 3. The van der Waals surface area contributed by atoms with Crippen LogP contribution in [0.4, 0.5) is 18.0 Å². The minimum atomic E-state index is -3.34. The number of amides is 1. The Kier molecular flexibility index (Phi) is 3.06. The molecule has 98 valence electrons. The summed E-state index contributed by atoms with van der Waals surface area (Å²) in [4.78, 5) is 11.0. The van der Waals surface area contributed by atoms with Gasteiger partial charge in [0.25, 0.3) is 0 Å². The van der Waals surface area contributed by atoms with Crippen molar-refractivity contribution in [3.05, 3.63) is 29.6 Å². The predicted molar refractivity (Wildman–Crippen MR) is 55.1 cm³/mol. The van der Waals surface area contributed by atoms with Crippen molar-refractivity contribution >= 4 is 6.09 Å². The largest absolute Gasteiger partial charge is 0.496 e. The van der Waals surface area contributed by atoms with Crippen LogP contribution in [-0.2, 0) is 4.74 Å². The van der Waals surface area contributed by atoms with Gasteiger partial charge in [-0.2, -0.15) is 0 Å². The van der Waals surface area contributed by atoms with E-state index in [4.69, 9.17) is 4.74 Å². The van der Waals surface area contributed by atoms with Crippen LogP contribution in [0.2, 0.25) is 0 Å². The van der Waals surface area contributed by atoms with E-state index in [1.54, 1.807) is 0 Å². The van der Waals surface area contributed by atoms with E-state index in [-0.39, 0.29) is 11.3 Å². The Hall–Kier alpha value is -1.92. The molecule has 1 fully saturated rings. The number of methoxy groups -OCH3 is 1. The molecule has 1 aromatic carbocycles. The maximum atomic E-state index is 13.7. The van der Waals surface area contributed by atoms with Gasteiger partial charge in [-0.1, -0.05) is 0 Å². The Labute approximate surface area is 101 Å². The summed E-state index contributed by atoms with van der Waals surface area (Å²) in [5, 5.41) is 1.97. The second-order valence-electron chi connectivity index (χ2n) is 3.80. The van der Waals surface area contributed by atoms with Crippen LogP contribution in [0.15, 0.2) is 18.2 Å². The van der Waals surface area contributed by atoms with Crippen LogP contribution < -0.4 is 10.1 Å². The lowest BCUT2D eigenvalue weighted by Gasteiger charge is -2.32. The zero-order valence-electron chi connectivity index (χ0n) is 9.38. The topological polar surface area (TPSA) is 47.6 Å². The van der Waals surface area contributed by atoms with Crippen molar-refractivity contribution in [2.24, 2.45) is 0 Å². The first kappa shape index (κ1) is 12.5. The summed E-state index contributed by atoms with van der Waals surface area (Å²) in [5.74, 6) is -3.96. The Morgan fingerprint density at radius 3 is 2.89 bits per heavy atom. The van der Waals surface area contributed by atoms with Gasteiger partial charge in [0.1, 0.15) is 17.6 Å². The third kappa shape index (κ3) is 2.20. The number of carbonyl (C=O) groups excluding carboxylic acids is 1. The maximum Gasteiger partial charge on any atom is 0.408 e. The van der Waals surface area contributed by atoms with Gasteiger partial charge in [-0.25, -0.2) is 18.0 Å². The Balaban J connectivity index is 2.45. The molecule has 1 N–H and O–H groups in total. The van der Waals surface area contributed by atoms with Crippen molar-refractivity contribution in [3.8, 4) is 5.75 Å². The molecule has 1 saturated heterocycles. The van der Waals surface area contributed by atoms with Gasteiger partial charge in [0, 0.05) is 5.56 Å². The quantitative estimate of drug-likeness (QED) is 0.888. The second-order valence-corrected chi connectivity index (χ2v) is 3.80. The van der Waals surface area contributed by atoms with E-state index in [0.717, 1.165) is 12.1 Å². The first-order chi connectivity index (χ1) is 8.44. The average molecular weight is 261 g/mol. The monoisotopic (exact) mass is 261 g/mol. The van der Waals surface area contributed by atoms with Crippen LogP contribution in [0.3, 0.4) is 0 Å². The molecule has 0 bridgehead atoms. The number of benzene rings is 1. The first-order valence-corrected chi connectivity index (χ1v) is 5.08. The van der Waals surface area contributed by atoms with Crippen LogP contribution >= 0.6 is 0 Å². The molecule has 18 heavy (non-hydrogen) atoms. The number of alkyl halides is 2. The van der Waals surface area contributed by atoms with Gasteiger partial charge >= 0.3 is 12.0 Å². The van der Waals surface area contributed by atoms with E-state index in [2.05, 4.69) is 4.74 Å². The highest BCUT2D eigenvalue weighted by atomic mass is 19.3. The number of hydrogen-bond donors (Lipinski definition) is 1. The molecule has 0 unspecified atom stereocenters. The van der Waals surface area contributed by atoms with Gasteiger partial charge in [-0.15, -0.1) is 0 Å². The summed E-state index contributed by atoms with van der Waals surface area (Å²) in [5.41, 5.74) is -0.126. The Morgan fingerprint density at radius 1 is 1.50 bits per heavy atom. The highest BCUT2D eigenvalue weighted by Crippen LogP contribution is 2.38. The lowest BCUT2D eigenvalue weighted by molar-refractivity contribution is -0.104. The number of nitrogens with one attached hydrogen (secondary N) is 1. The molecule has 1 amide bonds. The van der Waals surface area contributed by atoms with Crippen LogP contribution in [0.1, 0.15) is 11.6 Å². The maximum absolute atomic E-state index is 13.7. The molecule has 0 radical (unpaired) electrons. The van der Waals surface area contributed by atoms with Crippen LogP contribution in [0, 0.1) is 5.82 Å². The molecule has 1 aliphatic rings. The summed E-state index contributed by atoms with van der Waals surface area (Å²) in [6.07, 6.45) is -0.975. The molecule has 0 aromatic heterocycles. The smallest absolute Gasteiger partial charge is 0.408 e. The minimum absolute atomic E-state index is 0.0725. The van der Waals surface area contributed by atoms with E-state index < -0.39 is 30.5 Å². The van der Waals surface area contributed by atoms with Crippen LogP contribution in [-0.4, -0.2) is 25.7 Å². The third-order valence-corrected chi connectivity index (χ3v) is 2.58. The molecule has 1 aliphatic heterocycles. The number of rotatable bonds is 2. The van der Waals surface area contributed by atoms with Gasteiger partial charge < -0.3 is 14.8 Å². The third-order valence-electron chi connectivity index (χ3n) is 2.58. The fourth-order valence-electron chi connectivity index (χ4n) is 1.75. The lowest BCUT2D eigenvalue weighted by atomic mass is 9.99. The normalized spacial score (nSPS) is 22.0. The van der Waals surface area contributed by atoms with Gasteiger partial charge in [-0.3, -0.25) is 0 Å². The number of alkyl carbamates (subject to hydrolysis) is 1. The van der Waals surface area contributed by atoms with Gasteiger partial charge in [0.15, 0.2) is 6.61 Å². The summed E-state index contributed by atoms with van der Waals surface area (Å²) >= 11 is 0. The summed E-state index contributed by atoms with van der Waals surface area (Å²) in [6, 6.07) is 1.54. The Bertz CT molecular complexity index is 479. The van der Waals surface area contributed by atoms with Crippen molar-refractivity contribution in [1.29, 1.82) is 0 Å². The molecule has 1 atom stereocenters. The summed E-state index contributed by atoms with van der Waals surface area (Å²) in [6.45, 7) is -1.05. The summed E-state index contributed by atoms with van der Waals surface area (Å²) < 4.78 is 49.6. The number of halogens is 3. The highest BCUT2D eigenvalue weighted by Gasteiger charge is 2.48. The van der Waals surface area contributed by atoms with Gasteiger partial charge in [0.05, 0.1) is 7.11 Å². The van der Waals surface area contributed by atoms with Crippen molar-refractivity contribution in [2.45, 2.75) is 12.0 Å². The van der Waals surface area contributed by atoms with Crippen molar-refractivity contribution < 1.29 is 27.4 Å². The van der Waals surface area contributed by atoms with Crippen molar-refractivity contribution in [1.82, 2.24) is 5.32 Å². The molecule has 1 aromatic rings. The van der Waals surface area contributed by atoms with E-state index in [0.29, 0.717) is 0 Å². The number of cyclic esters (lactones) is 1. The van der Waals surface area contributed by atoms with Gasteiger partial charge in [-0.05, 0) is 18.2 Å². The fourth-order valence-corrected chi connectivity index (χ4v) is 1.75. The van der Waals surface area contributed by atoms with Crippen molar-refractivity contribution in [3.63, 3.8) is 0 Å². The second kappa shape index (κ2) is 4.40. The molecule has 0 saturated carbocycles. The predicted octanol–water partition coefficient (Wildman–Crippen LogP) is 2.25. The number of ether oxygens (including phenoxy) is 2. The molecule has 2 rings (SSSR count). The van der Waals surface area contributed by atoms with E-state index in [1.807, 2.05) is 5.32 Å². The Morgan fingerprint density at radius 2 is 2.22 bits per heavy atom. The first-order valence-electron chi connectivity index (χ1n) is 5.08. The average Bonchev–Trinajstić information content (AvgIpc) is 2.32. The zero-order chi connectivity index (χ0) is 13.3. The zero-order valence-corrected chi connectivity index (χ0v) is 9.38. The molecule has 7 heteroatoms. The molecular weight excluding hydrogens is 251 g/mol. The van der Waals surface area contributed by atoms with Crippen LogP contribution in [0.25, 0.3) is 0 Å². The van der Waals surface area contributed by atoms with E-state index >= 15 is 0 Å². The minimum Gasteiger partial charge on any atom is -0.496 e. The summed E-state index contributed by atoms with van der Waals surface area (Å²) in [7, 11) is 1.27. The van der Waals surface area contributed by atoms with Gasteiger partial charge in [0.2, 0.25) is 0 Å². The van der Waals surface area contributed by atoms with Crippen molar-refractivity contribution in [2.75, 3.05) is 13.7 Å². The molecular formula is C11H10F3NO3.